The Kier molecular flexibility index (Phi) is 6.92. The Bertz CT molecular complexity index is 1020. The molecule has 0 bridgehead atoms. The molecule has 7 heteroatoms. The molecule has 1 N–H and O–H groups in total. The van der Waals surface area contributed by atoms with E-state index in [1.165, 1.54) is 12.8 Å². The highest BCUT2D eigenvalue weighted by molar-refractivity contribution is 7.98. The minimum atomic E-state index is -0.113. The molecule has 0 atom stereocenters. The molecule has 0 radical (unpaired) electrons. The van der Waals surface area contributed by atoms with Crippen LogP contribution in [0.25, 0.3) is 0 Å². The molecule has 1 amide bonds. The zero-order chi connectivity index (χ0) is 21.6. The number of nitrogens with one attached hydrogen (secondary N) is 1. The van der Waals surface area contributed by atoms with Crippen LogP contribution >= 0.6 is 11.8 Å². The van der Waals surface area contributed by atoms with Gasteiger partial charge in [-0.25, -0.2) is 4.98 Å². The van der Waals surface area contributed by atoms with E-state index in [9.17, 15) is 4.79 Å². The number of benzene rings is 1. The first-order chi connectivity index (χ1) is 15.1. The summed E-state index contributed by atoms with van der Waals surface area (Å²) in [5.41, 5.74) is 3.51. The number of carbonyl (C=O) groups excluding carboxylic acids is 1. The number of hydrogen-bond donors (Lipinski definition) is 1. The Balaban J connectivity index is 1.42. The summed E-state index contributed by atoms with van der Waals surface area (Å²) < 4.78 is 11.3. The topological polar surface area (TPSA) is 77.3 Å². The highest BCUT2D eigenvalue weighted by Crippen LogP contribution is 2.29. The fraction of sp³-hybridized carbons (Fsp3) is 0.375. The lowest BCUT2D eigenvalue weighted by atomic mass is 10.2. The molecule has 6 nitrogen and oxygen atoms in total. The number of ether oxygens (including phenoxy) is 1. The molecule has 1 saturated carbocycles. The third kappa shape index (κ3) is 5.28. The molecule has 0 spiro atoms. The molecule has 2 aromatic heterocycles. The van der Waals surface area contributed by atoms with Gasteiger partial charge in [0.15, 0.2) is 0 Å². The van der Waals surface area contributed by atoms with Gasteiger partial charge in [0.2, 0.25) is 5.88 Å². The summed E-state index contributed by atoms with van der Waals surface area (Å²) in [4.78, 5) is 18.3. The summed E-state index contributed by atoms with van der Waals surface area (Å²) in [6.07, 6.45) is 6.50. The maximum Gasteiger partial charge on any atom is 0.252 e. The van der Waals surface area contributed by atoms with Crippen LogP contribution in [0.4, 0.5) is 0 Å². The number of rotatable bonds is 8. The van der Waals surface area contributed by atoms with Crippen molar-refractivity contribution in [2.24, 2.45) is 0 Å². The van der Waals surface area contributed by atoms with E-state index in [0.717, 1.165) is 40.3 Å². The van der Waals surface area contributed by atoms with E-state index in [0.29, 0.717) is 23.7 Å². The van der Waals surface area contributed by atoms with Crippen LogP contribution in [-0.4, -0.2) is 22.2 Å². The molecule has 1 fully saturated rings. The van der Waals surface area contributed by atoms with Crippen molar-refractivity contribution in [2.75, 3.05) is 0 Å². The van der Waals surface area contributed by atoms with E-state index in [1.807, 2.05) is 50.2 Å². The van der Waals surface area contributed by atoms with E-state index < -0.39 is 0 Å². The van der Waals surface area contributed by atoms with Crippen LogP contribution in [0, 0.1) is 13.8 Å². The number of nitrogens with zero attached hydrogens (tertiary/aromatic N) is 2. The highest BCUT2D eigenvalue weighted by Gasteiger charge is 2.19. The second kappa shape index (κ2) is 10.0. The van der Waals surface area contributed by atoms with Crippen molar-refractivity contribution in [3.63, 3.8) is 0 Å². The smallest absolute Gasteiger partial charge is 0.252 e. The SMILES string of the molecule is Cc1noc(C)c1CSc1ccccc1C(=O)NCc1cccnc1OC1CCCC1. The fourth-order valence-electron chi connectivity index (χ4n) is 3.74. The van der Waals surface area contributed by atoms with Gasteiger partial charge >= 0.3 is 0 Å². The average molecular weight is 438 g/mol. The number of aryl methyl sites for hydroxylation is 2. The molecule has 31 heavy (non-hydrogen) atoms. The number of aromatic nitrogens is 2. The van der Waals surface area contributed by atoms with Crippen molar-refractivity contribution in [2.45, 2.75) is 62.8 Å². The second-order valence-electron chi connectivity index (χ2n) is 7.76. The van der Waals surface area contributed by atoms with Crippen molar-refractivity contribution in [1.29, 1.82) is 0 Å². The van der Waals surface area contributed by atoms with Crippen molar-refractivity contribution in [1.82, 2.24) is 15.5 Å². The van der Waals surface area contributed by atoms with Gasteiger partial charge < -0.3 is 14.6 Å². The Labute approximate surface area is 186 Å². The lowest BCUT2D eigenvalue weighted by molar-refractivity contribution is 0.0947. The first-order valence-corrected chi connectivity index (χ1v) is 11.6. The third-order valence-electron chi connectivity index (χ3n) is 5.55. The minimum absolute atomic E-state index is 0.113. The van der Waals surface area contributed by atoms with Crippen LogP contribution < -0.4 is 10.1 Å². The molecule has 162 valence electrons. The van der Waals surface area contributed by atoms with Gasteiger partial charge in [-0.05, 0) is 57.7 Å². The maximum absolute atomic E-state index is 13.0. The largest absolute Gasteiger partial charge is 0.474 e. The highest BCUT2D eigenvalue weighted by atomic mass is 32.2. The normalized spacial score (nSPS) is 14.0. The van der Waals surface area contributed by atoms with Gasteiger partial charge in [-0.15, -0.1) is 11.8 Å². The predicted octanol–water partition coefficient (Wildman–Crippen LogP) is 5.23. The van der Waals surface area contributed by atoms with E-state index >= 15 is 0 Å². The molecular formula is C24H27N3O3S. The van der Waals surface area contributed by atoms with Gasteiger partial charge in [0, 0.05) is 34.5 Å². The van der Waals surface area contributed by atoms with Crippen LogP contribution in [0.15, 0.2) is 52.0 Å². The summed E-state index contributed by atoms with van der Waals surface area (Å²) >= 11 is 1.61. The van der Waals surface area contributed by atoms with Gasteiger partial charge in [-0.1, -0.05) is 23.4 Å². The van der Waals surface area contributed by atoms with Crippen molar-refractivity contribution < 1.29 is 14.1 Å². The summed E-state index contributed by atoms with van der Waals surface area (Å²) in [5, 5.41) is 7.04. The number of carbonyl (C=O) groups is 1. The zero-order valence-electron chi connectivity index (χ0n) is 17.9. The van der Waals surface area contributed by atoms with Crippen molar-refractivity contribution in [3.05, 3.63) is 70.7 Å². The lowest BCUT2D eigenvalue weighted by Crippen LogP contribution is -2.24. The Hall–Kier alpha value is -2.80. The van der Waals surface area contributed by atoms with Gasteiger partial charge in [-0.3, -0.25) is 4.79 Å². The summed E-state index contributed by atoms with van der Waals surface area (Å²) in [7, 11) is 0. The van der Waals surface area contributed by atoms with Crippen LogP contribution in [0.3, 0.4) is 0 Å². The number of pyridine rings is 1. The predicted molar refractivity (Wildman–Crippen MR) is 120 cm³/mol. The summed E-state index contributed by atoms with van der Waals surface area (Å²) in [5.74, 6) is 2.03. The third-order valence-corrected chi connectivity index (χ3v) is 6.65. The Morgan fingerprint density at radius 1 is 1.19 bits per heavy atom. The number of hydrogen-bond acceptors (Lipinski definition) is 6. The Morgan fingerprint density at radius 3 is 2.77 bits per heavy atom. The van der Waals surface area contributed by atoms with Crippen LogP contribution in [0.1, 0.15) is 58.6 Å². The van der Waals surface area contributed by atoms with E-state index in [4.69, 9.17) is 9.26 Å². The van der Waals surface area contributed by atoms with Gasteiger partial charge in [0.05, 0.1) is 11.3 Å². The molecule has 1 aromatic carbocycles. The first kappa shape index (κ1) is 21.4. The molecule has 2 heterocycles. The maximum atomic E-state index is 13.0. The molecule has 1 aliphatic rings. The standard InChI is InChI=1S/C24H27N3O3S/c1-16-21(17(2)30-27-16)15-31-22-12-6-5-11-20(22)23(28)26-14-18-8-7-13-25-24(18)29-19-9-3-4-10-19/h5-8,11-13,19H,3-4,9-10,14-15H2,1-2H3,(H,26,28). The van der Waals surface area contributed by atoms with Crippen LogP contribution in [-0.2, 0) is 12.3 Å². The summed E-state index contributed by atoms with van der Waals surface area (Å²) in [6, 6.07) is 11.5. The fourth-order valence-corrected chi connectivity index (χ4v) is 4.94. The first-order valence-electron chi connectivity index (χ1n) is 10.6. The number of amides is 1. The molecule has 3 aromatic rings. The minimum Gasteiger partial charge on any atom is -0.474 e. The van der Waals surface area contributed by atoms with Gasteiger partial charge in [0.25, 0.3) is 5.91 Å². The summed E-state index contributed by atoms with van der Waals surface area (Å²) in [6.45, 7) is 4.22. The second-order valence-corrected chi connectivity index (χ2v) is 8.78. The van der Waals surface area contributed by atoms with Crippen LogP contribution in [0.2, 0.25) is 0 Å². The monoisotopic (exact) mass is 437 g/mol. The molecule has 0 unspecified atom stereocenters. The van der Waals surface area contributed by atoms with E-state index in [1.54, 1.807) is 18.0 Å². The molecule has 4 rings (SSSR count). The zero-order valence-corrected chi connectivity index (χ0v) is 18.7. The Morgan fingerprint density at radius 2 is 2.00 bits per heavy atom. The molecule has 1 aliphatic carbocycles. The lowest BCUT2D eigenvalue weighted by Gasteiger charge is -2.16. The van der Waals surface area contributed by atoms with Gasteiger partial charge in [-0.2, -0.15) is 0 Å². The van der Waals surface area contributed by atoms with E-state index in [2.05, 4.69) is 15.5 Å². The van der Waals surface area contributed by atoms with Crippen LogP contribution in [0.5, 0.6) is 5.88 Å². The van der Waals surface area contributed by atoms with Gasteiger partial charge in [0.1, 0.15) is 11.9 Å². The van der Waals surface area contributed by atoms with Crippen molar-refractivity contribution >= 4 is 17.7 Å². The quantitative estimate of drug-likeness (QED) is 0.486. The van der Waals surface area contributed by atoms with Crippen molar-refractivity contribution in [3.8, 4) is 5.88 Å². The number of thioether (sulfide) groups is 1. The molecule has 0 saturated heterocycles. The van der Waals surface area contributed by atoms with E-state index in [-0.39, 0.29) is 12.0 Å². The molecule has 0 aliphatic heterocycles. The molecular weight excluding hydrogens is 410 g/mol. The average Bonchev–Trinajstić information content (AvgIpc) is 3.41.